The molecule has 0 atom stereocenters. The number of likely N-dealkylation sites (N-methyl/N-ethyl adjacent to an activating group) is 1. The highest BCUT2D eigenvalue weighted by Crippen LogP contribution is 2.27. The first-order valence-electron chi connectivity index (χ1n) is 4.93. The van der Waals surface area contributed by atoms with Gasteiger partial charge in [0.05, 0.1) is 23.9 Å². The van der Waals surface area contributed by atoms with E-state index in [0.717, 1.165) is 16.6 Å². The Labute approximate surface area is 87.1 Å². The number of nitrogens with zero attached hydrogens (tertiary/aromatic N) is 3. The fraction of sp³-hybridized carbons (Fsp3) is 0.273. The maximum absolute atomic E-state index is 11.6. The lowest BCUT2D eigenvalue weighted by Gasteiger charge is -2.16. The van der Waals surface area contributed by atoms with Crippen molar-refractivity contribution in [3.8, 4) is 0 Å². The van der Waals surface area contributed by atoms with Crippen LogP contribution in [0, 0.1) is 0 Å². The van der Waals surface area contributed by atoms with Gasteiger partial charge < -0.3 is 4.90 Å². The number of carbonyl (C=O) groups excluding carboxylic acids is 1. The van der Waals surface area contributed by atoms with Gasteiger partial charge in [-0.15, -0.1) is 0 Å². The molecule has 0 spiro atoms. The van der Waals surface area contributed by atoms with E-state index in [0.29, 0.717) is 13.1 Å². The first kappa shape index (κ1) is 8.47. The van der Waals surface area contributed by atoms with Gasteiger partial charge in [0.15, 0.2) is 5.78 Å². The van der Waals surface area contributed by atoms with Gasteiger partial charge in [0.25, 0.3) is 0 Å². The number of carbonyl (C=O) groups is 1. The molecule has 3 rings (SSSR count). The second-order valence-corrected chi connectivity index (χ2v) is 3.91. The van der Waals surface area contributed by atoms with E-state index in [4.69, 9.17) is 0 Å². The number of hydrogen-bond acceptors (Lipinski definition) is 3. The Morgan fingerprint density at radius 2 is 2.20 bits per heavy atom. The number of Topliss-reactive ketones (excluding diaryl/α,β-unsaturated/α-hetero) is 1. The van der Waals surface area contributed by atoms with Crippen LogP contribution in [0.2, 0.25) is 0 Å². The molecule has 0 saturated carbocycles. The summed E-state index contributed by atoms with van der Waals surface area (Å²) in [6.07, 6.45) is 1.81. The van der Waals surface area contributed by atoms with E-state index in [1.165, 1.54) is 0 Å². The van der Waals surface area contributed by atoms with E-state index >= 15 is 0 Å². The Hall–Kier alpha value is -1.84. The zero-order chi connectivity index (χ0) is 10.4. The Morgan fingerprint density at radius 3 is 3.07 bits per heavy atom. The lowest BCUT2D eigenvalue weighted by molar-refractivity contribution is -0.118. The molecule has 4 nitrogen and oxygen atoms in total. The maximum atomic E-state index is 11.6. The molecule has 1 aliphatic rings. The largest absolute Gasteiger partial charge is 0.365 e. The van der Waals surface area contributed by atoms with Gasteiger partial charge in [-0.3, -0.25) is 9.48 Å². The molecular weight excluding hydrogens is 190 g/mol. The molecule has 1 aromatic heterocycles. The van der Waals surface area contributed by atoms with Gasteiger partial charge in [-0.05, 0) is 6.07 Å². The summed E-state index contributed by atoms with van der Waals surface area (Å²) in [7, 11) is 1.94. The molecule has 0 bridgehead atoms. The molecule has 1 aromatic carbocycles. The summed E-state index contributed by atoms with van der Waals surface area (Å²) in [6, 6.07) is 6.04. The molecule has 76 valence electrons. The summed E-state index contributed by atoms with van der Waals surface area (Å²) in [5.41, 5.74) is 2.14. The van der Waals surface area contributed by atoms with Crippen molar-refractivity contribution in [2.45, 2.75) is 6.54 Å². The lowest BCUT2D eigenvalue weighted by Crippen LogP contribution is -2.25. The lowest BCUT2D eigenvalue weighted by atomic mass is 10.2. The quantitative estimate of drug-likeness (QED) is 0.639. The molecule has 4 heteroatoms. The van der Waals surface area contributed by atoms with Gasteiger partial charge in [-0.2, -0.15) is 5.10 Å². The highest BCUT2D eigenvalue weighted by atomic mass is 16.1. The summed E-state index contributed by atoms with van der Waals surface area (Å²) in [6.45, 7) is 0.841. The Balaban J connectivity index is 2.37. The summed E-state index contributed by atoms with van der Waals surface area (Å²) < 4.78 is 1.79. The first-order chi connectivity index (χ1) is 7.25. The zero-order valence-corrected chi connectivity index (χ0v) is 8.47. The molecule has 0 amide bonds. The molecule has 0 saturated heterocycles. The molecule has 0 aliphatic carbocycles. The van der Waals surface area contributed by atoms with Gasteiger partial charge in [-0.25, -0.2) is 0 Å². The fourth-order valence-corrected chi connectivity index (χ4v) is 2.12. The van der Waals surface area contributed by atoms with Crippen LogP contribution in [0.4, 0.5) is 5.69 Å². The van der Waals surface area contributed by atoms with E-state index in [2.05, 4.69) is 5.10 Å². The molecule has 0 N–H and O–H groups in total. The molecule has 2 heterocycles. The maximum Gasteiger partial charge on any atom is 0.173 e. The van der Waals surface area contributed by atoms with E-state index in [9.17, 15) is 4.79 Å². The van der Waals surface area contributed by atoms with Crippen molar-refractivity contribution in [1.82, 2.24) is 9.78 Å². The smallest absolute Gasteiger partial charge is 0.173 e. The zero-order valence-electron chi connectivity index (χ0n) is 8.47. The van der Waals surface area contributed by atoms with Crippen LogP contribution in [-0.4, -0.2) is 29.2 Å². The predicted molar refractivity (Wildman–Crippen MR) is 58.0 cm³/mol. The van der Waals surface area contributed by atoms with Gasteiger partial charge in [0.2, 0.25) is 0 Å². The van der Waals surface area contributed by atoms with Crippen molar-refractivity contribution in [2.75, 3.05) is 18.5 Å². The summed E-state index contributed by atoms with van der Waals surface area (Å²) >= 11 is 0. The number of para-hydroxylation sites is 1. The van der Waals surface area contributed by atoms with Gasteiger partial charge in [0.1, 0.15) is 6.54 Å². The third kappa shape index (κ3) is 1.14. The van der Waals surface area contributed by atoms with Crippen molar-refractivity contribution in [3.05, 3.63) is 24.4 Å². The molecule has 0 radical (unpaired) electrons. The van der Waals surface area contributed by atoms with Crippen LogP contribution in [-0.2, 0) is 11.3 Å². The number of rotatable bonds is 0. The van der Waals surface area contributed by atoms with E-state index < -0.39 is 0 Å². The SMILES string of the molecule is CN1CC(=O)Cn2ncc3cccc1c32. The van der Waals surface area contributed by atoms with Crippen LogP contribution >= 0.6 is 0 Å². The van der Waals surface area contributed by atoms with Gasteiger partial charge in [-0.1, -0.05) is 12.1 Å². The van der Waals surface area contributed by atoms with Crippen molar-refractivity contribution in [3.63, 3.8) is 0 Å². The topological polar surface area (TPSA) is 38.1 Å². The second kappa shape index (κ2) is 2.82. The van der Waals surface area contributed by atoms with E-state index in [1.54, 1.807) is 4.68 Å². The number of hydrogen-bond donors (Lipinski definition) is 0. The Kier molecular flexibility index (Phi) is 1.59. The van der Waals surface area contributed by atoms with Crippen LogP contribution in [0.5, 0.6) is 0 Å². The molecule has 0 fully saturated rings. The molecule has 0 unspecified atom stereocenters. The number of benzene rings is 1. The van der Waals surface area contributed by atoms with Crippen molar-refractivity contribution < 1.29 is 4.79 Å². The highest BCUT2D eigenvalue weighted by molar-refractivity contribution is 5.96. The van der Waals surface area contributed by atoms with Gasteiger partial charge in [0, 0.05) is 12.4 Å². The first-order valence-corrected chi connectivity index (χ1v) is 4.93. The van der Waals surface area contributed by atoms with Crippen LogP contribution in [0.25, 0.3) is 10.9 Å². The number of aromatic nitrogens is 2. The highest BCUT2D eigenvalue weighted by Gasteiger charge is 2.19. The van der Waals surface area contributed by atoms with Crippen LogP contribution in [0.15, 0.2) is 24.4 Å². The normalized spacial score (nSPS) is 15.8. The number of anilines is 1. The van der Waals surface area contributed by atoms with Crippen LogP contribution in [0.1, 0.15) is 0 Å². The summed E-state index contributed by atoms with van der Waals surface area (Å²) in [5.74, 6) is 0.193. The third-order valence-electron chi connectivity index (χ3n) is 2.79. The summed E-state index contributed by atoms with van der Waals surface area (Å²) in [5, 5.41) is 5.33. The van der Waals surface area contributed by atoms with Crippen molar-refractivity contribution in [2.24, 2.45) is 0 Å². The minimum Gasteiger partial charge on any atom is -0.365 e. The van der Waals surface area contributed by atoms with E-state index in [1.807, 2.05) is 36.3 Å². The number of ketones is 1. The fourth-order valence-electron chi connectivity index (χ4n) is 2.12. The summed E-state index contributed by atoms with van der Waals surface area (Å²) in [4.78, 5) is 13.6. The predicted octanol–water partition coefficient (Wildman–Crippen LogP) is 1.06. The second-order valence-electron chi connectivity index (χ2n) is 3.91. The molecule has 15 heavy (non-hydrogen) atoms. The third-order valence-corrected chi connectivity index (χ3v) is 2.79. The average molecular weight is 201 g/mol. The molecular formula is C11H11N3O. The minimum absolute atomic E-state index is 0.193. The monoisotopic (exact) mass is 201 g/mol. The minimum atomic E-state index is 0.193. The standard InChI is InChI=1S/C11H11N3O/c1-13-6-9(15)7-14-11-8(5-12-14)3-2-4-10(11)13/h2-5H,6-7H2,1H3. The average Bonchev–Trinajstić information content (AvgIpc) is 2.55. The molecule has 1 aliphatic heterocycles. The van der Waals surface area contributed by atoms with Gasteiger partial charge >= 0.3 is 0 Å². The Morgan fingerprint density at radius 1 is 1.33 bits per heavy atom. The van der Waals surface area contributed by atoms with Crippen LogP contribution < -0.4 is 4.90 Å². The van der Waals surface area contributed by atoms with Crippen LogP contribution in [0.3, 0.4) is 0 Å². The Bertz CT molecular complexity index is 544. The van der Waals surface area contributed by atoms with Crippen molar-refractivity contribution in [1.29, 1.82) is 0 Å². The van der Waals surface area contributed by atoms with E-state index in [-0.39, 0.29) is 5.78 Å². The van der Waals surface area contributed by atoms with Crippen molar-refractivity contribution >= 4 is 22.4 Å². The molecule has 2 aromatic rings.